The van der Waals surface area contributed by atoms with Gasteiger partial charge in [-0.25, -0.2) is 8.78 Å². The van der Waals surface area contributed by atoms with Crippen LogP contribution in [0, 0.1) is 11.6 Å². The zero-order chi connectivity index (χ0) is 16.7. The number of halogens is 3. The second-order valence-electron chi connectivity index (χ2n) is 4.59. The van der Waals surface area contributed by atoms with Gasteiger partial charge in [0.2, 0.25) is 0 Å². The van der Waals surface area contributed by atoms with Gasteiger partial charge in [0.1, 0.15) is 28.9 Å². The number of hydrogen-bond donors (Lipinski definition) is 1. The second kappa shape index (κ2) is 8.33. The molecule has 122 valence electrons. The van der Waals surface area contributed by atoms with E-state index in [2.05, 4.69) is 5.16 Å². The molecule has 1 N–H and O–H groups in total. The molecule has 0 fully saturated rings. The molecule has 0 saturated carbocycles. The third kappa shape index (κ3) is 5.41. The first-order valence-corrected chi connectivity index (χ1v) is 7.18. The summed E-state index contributed by atoms with van der Waals surface area (Å²) < 4.78 is 37.1. The fourth-order valence-electron chi connectivity index (χ4n) is 1.80. The van der Waals surface area contributed by atoms with Crippen molar-refractivity contribution >= 4 is 17.8 Å². The third-order valence-corrected chi connectivity index (χ3v) is 3.09. The lowest BCUT2D eigenvalue weighted by Crippen LogP contribution is -1.98. The van der Waals surface area contributed by atoms with Gasteiger partial charge in [-0.2, -0.15) is 0 Å². The first-order chi connectivity index (χ1) is 11.1. The lowest BCUT2D eigenvalue weighted by molar-refractivity contribution is 0.308. The number of hydrogen-bond acceptors (Lipinski definition) is 4. The van der Waals surface area contributed by atoms with E-state index in [1.54, 1.807) is 12.1 Å². The monoisotopic (exact) mass is 341 g/mol. The molecular weight excluding hydrogens is 328 g/mol. The molecule has 0 aliphatic heterocycles. The fourth-order valence-corrected chi connectivity index (χ4v) is 2.03. The molecule has 0 radical (unpaired) electrons. The van der Waals surface area contributed by atoms with Gasteiger partial charge >= 0.3 is 0 Å². The summed E-state index contributed by atoms with van der Waals surface area (Å²) in [4.78, 5) is 0. The van der Waals surface area contributed by atoms with Crippen molar-refractivity contribution in [1.29, 1.82) is 0 Å². The molecule has 0 unspecified atom stereocenters. The van der Waals surface area contributed by atoms with E-state index >= 15 is 0 Å². The van der Waals surface area contributed by atoms with Gasteiger partial charge < -0.3 is 14.7 Å². The maximum absolute atomic E-state index is 13.1. The van der Waals surface area contributed by atoms with Crippen molar-refractivity contribution in [2.24, 2.45) is 5.16 Å². The van der Waals surface area contributed by atoms with Gasteiger partial charge in [0.05, 0.1) is 11.6 Å². The summed E-state index contributed by atoms with van der Waals surface area (Å²) >= 11 is 6.08. The normalized spacial score (nSPS) is 10.9. The van der Waals surface area contributed by atoms with E-state index in [1.807, 2.05) is 0 Å². The standard InChI is InChI=1S/C16H14ClF2NO3/c17-15-10-13(23-14-8-11(18)7-12(19)9-14)3-4-16(15)22-6-2-1-5-20-21/h3-5,7-10,21H,1-2,6H2. The summed E-state index contributed by atoms with van der Waals surface area (Å²) in [5.41, 5.74) is 0. The Morgan fingerprint density at radius 1 is 1.09 bits per heavy atom. The van der Waals surface area contributed by atoms with Crippen LogP contribution in [-0.4, -0.2) is 18.0 Å². The molecule has 0 bridgehead atoms. The number of nitrogens with zero attached hydrogens (tertiary/aromatic N) is 1. The van der Waals surface area contributed by atoms with Crippen molar-refractivity contribution < 1.29 is 23.5 Å². The average Bonchev–Trinajstić information content (AvgIpc) is 2.48. The SMILES string of the molecule is ON=CCCCOc1ccc(Oc2cc(F)cc(F)c2)cc1Cl. The van der Waals surface area contributed by atoms with E-state index < -0.39 is 11.6 Å². The minimum atomic E-state index is -0.725. The van der Waals surface area contributed by atoms with Crippen molar-refractivity contribution in [2.75, 3.05) is 6.61 Å². The molecule has 0 amide bonds. The molecule has 2 aromatic carbocycles. The first-order valence-electron chi connectivity index (χ1n) is 6.80. The molecule has 2 rings (SSSR count). The van der Waals surface area contributed by atoms with Crippen molar-refractivity contribution in [3.8, 4) is 17.2 Å². The molecule has 2 aromatic rings. The summed E-state index contributed by atoms with van der Waals surface area (Å²) in [7, 11) is 0. The quantitative estimate of drug-likeness (QED) is 0.332. The summed E-state index contributed by atoms with van der Waals surface area (Å²) in [6, 6.07) is 7.59. The van der Waals surface area contributed by atoms with Gasteiger partial charge in [0.15, 0.2) is 0 Å². The molecule has 0 aliphatic carbocycles. The lowest BCUT2D eigenvalue weighted by Gasteiger charge is -2.10. The van der Waals surface area contributed by atoms with Crippen LogP contribution in [0.5, 0.6) is 17.2 Å². The maximum Gasteiger partial charge on any atom is 0.138 e. The lowest BCUT2D eigenvalue weighted by atomic mass is 10.3. The van der Waals surface area contributed by atoms with Crippen molar-refractivity contribution in [3.63, 3.8) is 0 Å². The molecule has 0 atom stereocenters. The van der Waals surface area contributed by atoms with Gasteiger partial charge in [-0.05, 0) is 25.0 Å². The van der Waals surface area contributed by atoms with Gasteiger partial charge in [0, 0.05) is 30.5 Å². The van der Waals surface area contributed by atoms with Crippen LogP contribution in [0.25, 0.3) is 0 Å². The topological polar surface area (TPSA) is 51.1 Å². The highest BCUT2D eigenvalue weighted by molar-refractivity contribution is 6.32. The minimum Gasteiger partial charge on any atom is -0.492 e. The van der Waals surface area contributed by atoms with Crippen molar-refractivity contribution in [2.45, 2.75) is 12.8 Å². The van der Waals surface area contributed by atoms with E-state index in [4.69, 9.17) is 26.3 Å². The molecular formula is C16H14ClF2NO3. The zero-order valence-electron chi connectivity index (χ0n) is 12.0. The zero-order valence-corrected chi connectivity index (χ0v) is 12.8. The Morgan fingerprint density at radius 2 is 1.83 bits per heavy atom. The van der Waals surface area contributed by atoms with Gasteiger partial charge in [0.25, 0.3) is 0 Å². The van der Waals surface area contributed by atoms with E-state index in [-0.39, 0.29) is 5.75 Å². The Kier molecular flexibility index (Phi) is 6.17. The molecule has 7 heteroatoms. The molecule has 0 saturated heterocycles. The van der Waals surface area contributed by atoms with E-state index in [0.717, 1.165) is 18.2 Å². The van der Waals surface area contributed by atoms with E-state index in [0.29, 0.717) is 36.0 Å². The van der Waals surface area contributed by atoms with E-state index in [1.165, 1.54) is 12.3 Å². The number of unbranched alkanes of at least 4 members (excludes halogenated alkanes) is 1. The van der Waals surface area contributed by atoms with Gasteiger partial charge in [-0.15, -0.1) is 5.16 Å². The molecule has 23 heavy (non-hydrogen) atoms. The van der Waals surface area contributed by atoms with Crippen LogP contribution in [-0.2, 0) is 0 Å². The largest absolute Gasteiger partial charge is 0.492 e. The Morgan fingerprint density at radius 3 is 2.48 bits per heavy atom. The van der Waals surface area contributed by atoms with Crippen molar-refractivity contribution in [1.82, 2.24) is 0 Å². The fraction of sp³-hybridized carbons (Fsp3) is 0.188. The number of oxime groups is 1. The Labute approximate surface area is 136 Å². The molecule has 0 aliphatic rings. The maximum atomic E-state index is 13.1. The van der Waals surface area contributed by atoms with Crippen LogP contribution in [0.4, 0.5) is 8.78 Å². The second-order valence-corrected chi connectivity index (χ2v) is 5.00. The van der Waals surface area contributed by atoms with Crippen LogP contribution in [0.3, 0.4) is 0 Å². The van der Waals surface area contributed by atoms with E-state index in [9.17, 15) is 8.78 Å². The third-order valence-electron chi connectivity index (χ3n) is 2.79. The van der Waals surface area contributed by atoms with Crippen LogP contribution in [0.1, 0.15) is 12.8 Å². The number of benzene rings is 2. The van der Waals surface area contributed by atoms with Crippen LogP contribution in [0.2, 0.25) is 5.02 Å². The van der Waals surface area contributed by atoms with Crippen molar-refractivity contribution in [3.05, 3.63) is 53.1 Å². The Bertz CT molecular complexity index is 675. The smallest absolute Gasteiger partial charge is 0.138 e. The summed E-state index contributed by atoms with van der Waals surface area (Å²) in [5, 5.41) is 11.5. The molecule has 0 spiro atoms. The van der Waals surface area contributed by atoms with Gasteiger partial charge in [-0.1, -0.05) is 11.6 Å². The first kappa shape index (κ1) is 17.0. The minimum absolute atomic E-state index is 0.0375. The Balaban J connectivity index is 1.98. The molecule has 4 nitrogen and oxygen atoms in total. The Hall–Kier alpha value is -2.34. The highest BCUT2D eigenvalue weighted by Gasteiger charge is 2.07. The average molecular weight is 342 g/mol. The summed E-state index contributed by atoms with van der Waals surface area (Å²) in [6.07, 6.45) is 2.63. The highest BCUT2D eigenvalue weighted by Crippen LogP contribution is 2.31. The van der Waals surface area contributed by atoms with Crippen LogP contribution in [0.15, 0.2) is 41.6 Å². The summed E-state index contributed by atoms with van der Waals surface area (Å²) in [6.45, 7) is 0.404. The molecule has 0 aromatic heterocycles. The predicted octanol–water partition coefficient (Wildman–Crippen LogP) is 5.03. The number of rotatable bonds is 7. The highest BCUT2D eigenvalue weighted by atomic mass is 35.5. The van der Waals surface area contributed by atoms with Crippen LogP contribution >= 0.6 is 11.6 Å². The van der Waals surface area contributed by atoms with Gasteiger partial charge in [-0.3, -0.25) is 0 Å². The number of ether oxygens (including phenoxy) is 2. The molecule has 0 heterocycles. The summed E-state index contributed by atoms with van der Waals surface area (Å²) in [5.74, 6) is -0.615. The van der Waals surface area contributed by atoms with Crippen LogP contribution < -0.4 is 9.47 Å². The predicted molar refractivity (Wildman–Crippen MR) is 82.9 cm³/mol.